The van der Waals surface area contributed by atoms with E-state index in [1.165, 1.54) is 6.07 Å². The van der Waals surface area contributed by atoms with Crippen molar-refractivity contribution in [2.75, 3.05) is 26.3 Å². The molecule has 1 aromatic carbocycles. The van der Waals surface area contributed by atoms with E-state index in [0.29, 0.717) is 38.2 Å². The first-order valence-electron chi connectivity index (χ1n) is 6.94. The van der Waals surface area contributed by atoms with E-state index < -0.39 is 5.97 Å². The largest absolute Gasteiger partial charge is 0.481 e. The van der Waals surface area contributed by atoms with Crippen LogP contribution in [0.3, 0.4) is 0 Å². The van der Waals surface area contributed by atoms with Crippen LogP contribution in [-0.2, 0) is 22.5 Å². The van der Waals surface area contributed by atoms with Crippen LogP contribution in [0.2, 0.25) is 0 Å². The number of aryl methyl sites for hydroxylation is 1. The lowest BCUT2D eigenvalue weighted by Crippen LogP contribution is -2.35. The Morgan fingerprint density at radius 3 is 2.75 bits per heavy atom. The Morgan fingerprint density at radius 2 is 2.10 bits per heavy atom. The first kappa shape index (κ1) is 14.9. The number of hydrogen-bond donors (Lipinski definition) is 1. The van der Waals surface area contributed by atoms with E-state index in [1.54, 1.807) is 6.07 Å². The Labute approximate surface area is 118 Å². The van der Waals surface area contributed by atoms with Crippen LogP contribution < -0.4 is 0 Å². The number of carbonyl (C=O) groups is 1. The van der Waals surface area contributed by atoms with E-state index in [0.717, 1.165) is 18.7 Å². The highest BCUT2D eigenvalue weighted by atomic mass is 19.1. The summed E-state index contributed by atoms with van der Waals surface area (Å²) in [5.74, 6) is -1.02. The van der Waals surface area contributed by atoms with Crippen LogP contribution in [0.25, 0.3) is 0 Å². The van der Waals surface area contributed by atoms with Gasteiger partial charge >= 0.3 is 5.97 Å². The lowest BCUT2D eigenvalue weighted by atomic mass is 10.0. The molecule has 0 aliphatic carbocycles. The summed E-state index contributed by atoms with van der Waals surface area (Å²) in [5, 5.41) is 8.58. The van der Waals surface area contributed by atoms with Crippen LogP contribution in [0.4, 0.5) is 4.39 Å². The van der Waals surface area contributed by atoms with Gasteiger partial charge in [0, 0.05) is 31.6 Å². The van der Waals surface area contributed by atoms with Crippen LogP contribution in [0.5, 0.6) is 0 Å². The lowest BCUT2D eigenvalue weighted by Gasteiger charge is -2.26. The third-order valence-corrected chi connectivity index (χ3v) is 3.47. The van der Waals surface area contributed by atoms with Crippen molar-refractivity contribution < 1.29 is 19.0 Å². The fourth-order valence-electron chi connectivity index (χ4n) is 2.32. The number of morpholine rings is 1. The first-order chi connectivity index (χ1) is 9.65. The fourth-order valence-corrected chi connectivity index (χ4v) is 2.32. The minimum Gasteiger partial charge on any atom is -0.481 e. The highest BCUT2D eigenvalue weighted by molar-refractivity contribution is 5.66. The number of nitrogens with zero attached hydrogens (tertiary/aromatic N) is 1. The summed E-state index contributed by atoms with van der Waals surface area (Å²) in [4.78, 5) is 12.6. The van der Waals surface area contributed by atoms with Crippen LogP contribution >= 0.6 is 0 Å². The minimum atomic E-state index is -0.811. The molecule has 1 aliphatic rings. The Balaban J connectivity index is 1.89. The molecule has 2 rings (SSSR count). The molecule has 0 bridgehead atoms. The second kappa shape index (κ2) is 7.36. The smallest absolute Gasteiger partial charge is 0.303 e. The number of ether oxygens (including phenoxy) is 1. The summed E-state index contributed by atoms with van der Waals surface area (Å²) in [6.07, 6.45) is 1.26. The van der Waals surface area contributed by atoms with E-state index in [1.807, 2.05) is 6.07 Å². The fraction of sp³-hybridized carbons (Fsp3) is 0.533. The first-order valence-corrected chi connectivity index (χ1v) is 6.94. The van der Waals surface area contributed by atoms with Gasteiger partial charge in [-0.05, 0) is 24.5 Å². The van der Waals surface area contributed by atoms with Crippen molar-refractivity contribution in [2.45, 2.75) is 25.8 Å². The normalized spacial score (nSPS) is 16.2. The second-order valence-electron chi connectivity index (χ2n) is 5.06. The maximum absolute atomic E-state index is 14.0. The molecule has 0 unspecified atom stereocenters. The third kappa shape index (κ3) is 4.58. The van der Waals surface area contributed by atoms with Gasteiger partial charge in [-0.3, -0.25) is 9.69 Å². The number of hydrogen-bond acceptors (Lipinski definition) is 3. The quantitative estimate of drug-likeness (QED) is 0.867. The lowest BCUT2D eigenvalue weighted by molar-refractivity contribution is -0.137. The predicted molar refractivity (Wildman–Crippen MR) is 73.1 cm³/mol. The molecule has 0 aromatic heterocycles. The molecule has 1 aromatic rings. The Bertz CT molecular complexity index is 458. The highest BCUT2D eigenvalue weighted by Crippen LogP contribution is 2.15. The minimum absolute atomic E-state index is 0.122. The van der Waals surface area contributed by atoms with Gasteiger partial charge in [0.05, 0.1) is 13.2 Å². The summed E-state index contributed by atoms with van der Waals surface area (Å²) in [7, 11) is 0. The summed E-state index contributed by atoms with van der Waals surface area (Å²) < 4.78 is 19.3. The topological polar surface area (TPSA) is 49.8 Å². The molecule has 0 amide bonds. The van der Waals surface area contributed by atoms with Gasteiger partial charge in [0.2, 0.25) is 0 Å². The summed E-state index contributed by atoms with van der Waals surface area (Å²) in [6, 6.07) is 5.22. The number of carboxylic acids is 1. The molecule has 0 saturated carbocycles. The van der Waals surface area contributed by atoms with Gasteiger partial charge in [0.1, 0.15) is 5.82 Å². The molecule has 4 nitrogen and oxygen atoms in total. The molecule has 1 saturated heterocycles. The summed E-state index contributed by atoms with van der Waals surface area (Å²) >= 11 is 0. The SMILES string of the molecule is O=C(O)CCCc1ccc(CN2CCOCC2)c(F)c1. The molecule has 20 heavy (non-hydrogen) atoms. The predicted octanol–water partition coefficient (Wildman–Crippen LogP) is 2.07. The molecule has 110 valence electrons. The van der Waals surface area contributed by atoms with E-state index in [-0.39, 0.29) is 12.2 Å². The van der Waals surface area contributed by atoms with Gasteiger partial charge in [-0.2, -0.15) is 0 Å². The van der Waals surface area contributed by atoms with Crippen LogP contribution in [-0.4, -0.2) is 42.3 Å². The number of carboxylic acid groups (broad SMARTS) is 1. The summed E-state index contributed by atoms with van der Waals surface area (Å²) in [5.41, 5.74) is 1.54. The molecule has 0 radical (unpaired) electrons. The average Bonchev–Trinajstić information content (AvgIpc) is 2.42. The van der Waals surface area contributed by atoms with Crippen molar-refractivity contribution in [2.24, 2.45) is 0 Å². The van der Waals surface area contributed by atoms with Gasteiger partial charge in [-0.1, -0.05) is 12.1 Å². The van der Waals surface area contributed by atoms with Crippen molar-refractivity contribution in [1.29, 1.82) is 0 Å². The Morgan fingerprint density at radius 1 is 1.35 bits per heavy atom. The van der Waals surface area contributed by atoms with E-state index in [2.05, 4.69) is 4.90 Å². The van der Waals surface area contributed by atoms with Crippen molar-refractivity contribution in [1.82, 2.24) is 4.90 Å². The molecule has 1 aliphatic heterocycles. The number of aliphatic carboxylic acids is 1. The average molecular weight is 281 g/mol. The molecule has 0 atom stereocenters. The zero-order chi connectivity index (χ0) is 14.4. The van der Waals surface area contributed by atoms with Gasteiger partial charge < -0.3 is 9.84 Å². The standard InChI is InChI=1S/C15H20FNO3/c16-14-10-12(2-1-3-15(18)19)4-5-13(14)11-17-6-8-20-9-7-17/h4-5,10H,1-3,6-9,11H2,(H,18,19). The molecule has 5 heteroatoms. The maximum atomic E-state index is 14.0. The molecule has 1 heterocycles. The van der Waals surface area contributed by atoms with Crippen molar-refractivity contribution >= 4 is 5.97 Å². The zero-order valence-corrected chi connectivity index (χ0v) is 11.5. The zero-order valence-electron chi connectivity index (χ0n) is 11.5. The van der Waals surface area contributed by atoms with E-state index >= 15 is 0 Å². The van der Waals surface area contributed by atoms with Crippen LogP contribution in [0, 0.1) is 5.82 Å². The molecular weight excluding hydrogens is 261 g/mol. The molecule has 0 spiro atoms. The van der Waals surface area contributed by atoms with E-state index in [9.17, 15) is 9.18 Å². The maximum Gasteiger partial charge on any atom is 0.303 e. The Kier molecular flexibility index (Phi) is 5.49. The second-order valence-corrected chi connectivity index (χ2v) is 5.06. The van der Waals surface area contributed by atoms with Crippen LogP contribution in [0.1, 0.15) is 24.0 Å². The van der Waals surface area contributed by atoms with Gasteiger partial charge in [0.15, 0.2) is 0 Å². The highest BCUT2D eigenvalue weighted by Gasteiger charge is 2.13. The van der Waals surface area contributed by atoms with Crippen molar-refractivity contribution in [3.05, 3.63) is 35.1 Å². The molecular formula is C15H20FNO3. The molecule has 1 fully saturated rings. The van der Waals surface area contributed by atoms with Crippen molar-refractivity contribution in [3.8, 4) is 0 Å². The number of benzene rings is 1. The number of rotatable bonds is 6. The van der Waals surface area contributed by atoms with E-state index in [4.69, 9.17) is 9.84 Å². The number of halogens is 1. The van der Waals surface area contributed by atoms with Crippen molar-refractivity contribution in [3.63, 3.8) is 0 Å². The molecule has 1 N–H and O–H groups in total. The monoisotopic (exact) mass is 281 g/mol. The third-order valence-electron chi connectivity index (χ3n) is 3.47. The van der Waals surface area contributed by atoms with Gasteiger partial charge in [-0.25, -0.2) is 4.39 Å². The van der Waals surface area contributed by atoms with Gasteiger partial charge in [-0.15, -0.1) is 0 Å². The van der Waals surface area contributed by atoms with Gasteiger partial charge in [0.25, 0.3) is 0 Å². The van der Waals surface area contributed by atoms with Crippen LogP contribution in [0.15, 0.2) is 18.2 Å². The summed E-state index contributed by atoms with van der Waals surface area (Å²) in [6.45, 7) is 3.67. The Hall–Kier alpha value is -1.46.